The van der Waals surface area contributed by atoms with Gasteiger partial charge in [-0.3, -0.25) is 4.18 Å². The Balaban J connectivity index is 3.83. The lowest BCUT2D eigenvalue weighted by atomic mass is 10.4. The molecule has 0 saturated carbocycles. The van der Waals surface area contributed by atoms with Crippen molar-refractivity contribution < 1.29 is 12.6 Å². The van der Waals surface area contributed by atoms with E-state index in [4.69, 9.17) is 0 Å². The molecule has 0 spiro atoms. The lowest BCUT2D eigenvalue weighted by Gasteiger charge is -1.97. The Hall–Kier alpha value is -0.350. The Kier molecular flexibility index (Phi) is 5.15. The Bertz CT molecular complexity index is 204. The molecule has 11 heavy (non-hydrogen) atoms. The van der Waals surface area contributed by atoms with Gasteiger partial charge in [-0.1, -0.05) is 19.1 Å². The standard InChI is InChI=1S/C7H14O3S/c1-3-5-6-7-11(8,9)10-4-2/h5-6H,3-4,7H2,1-2H3. The van der Waals surface area contributed by atoms with Crippen LogP contribution in [0.4, 0.5) is 0 Å². The summed E-state index contributed by atoms with van der Waals surface area (Å²) in [6, 6.07) is 0. The Labute approximate surface area is 68.2 Å². The molecular weight excluding hydrogens is 164 g/mol. The highest BCUT2D eigenvalue weighted by molar-refractivity contribution is 7.86. The lowest BCUT2D eigenvalue weighted by Crippen LogP contribution is -2.08. The zero-order chi connectivity index (χ0) is 8.74. The molecule has 0 aliphatic rings. The fraction of sp³-hybridized carbons (Fsp3) is 0.714. The topological polar surface area (TPSA) is 43.4 Å². The van der Waals surface area contributed by atoms with Crippen LogP contribution in [0.15, 0.2) is 12.2 Å². The first-order valence-electron chi connectivity index (χ1n) is 3.64. The molecule has 4 heteroatoms. The first-order chi connectivity index (χ1) is 5.12. The van der Waals surface area contributed by atoms with Crippen LogP contribution in [-0.4, -0.2) is 20.8 Å². The van der Waals surface area contributed by atoms with E-state index < -0.39 is 10.1 Å². The third-order valence-electron chi connectivity index (χ3n) is 1.00. The van der Waals surface area contributed by atoms with Gasteiger partial charge in [0.2, 0.25) is 0 Å². The van der Waals surface area contributed by atoms with Crippen molar-refractivity contribution in [3.8, 4) is 0 Å². The second kappa shape index (κ2) is 5.32. The highest BCUT2D eigenvalue weighted by Gasteiger charge is 2.05. The van der Waals surface area contributed by atoms with Crippen molar-refractivity contribution in [2.45, 2.75) is 20.3 Å². The number of hydrogen-bond acceptors (Lipinski definition) is 3. The van der Waals surface area contributed by atoms with Crippen LogP contribution in [0.5, 0.6) is 0 Å². The average Bonchev–Trinajstić information content (AvgIpc) is 1.87. The minimum atomic E-state index is -3.29. The van der Waals surface area contributed by atoms with Crippen LogP contribution < -0.4 is 0 Å². The van der Waals surface area contributed by atoms with E-state index in [1.807, 2.05) is 6.92 Å². The van der Waals surface area contributed by atoms with E-state index in [1.54, 1.807) is 19.1 Å². The van der Waals surface area contributed by atoms with Crippen molar-refractivity contribution in [3.63, 3.8) is 0 Å². The van der Waals surface area contributed by atoms with Gasteiger partial charge in [0.25, 0.3) is 10.1 Å². The molecule has 0 fully saturated rings. The molecule has 0 aromatic carbocycles. The molecule has 0 N–H and O–H groups in total. The smallest absolute Gasteiger partial charge is 0.270 e. The molecule has 0 atom stereocenters. The molecule has 0 bridgehead atoms. The summed E-state index contributed by atoms with van der Waals surface area (Å²) in [4.78, 5) is 0. The largest absolute Gasteiger partial charge is 0.270 e. The molecule has 0 aliphatic heterocycles. The van der Waals surface area contributed by atoms with Gasteiger partial charge in [0.15, 0.2) is 0 Å². The summed E-state index contributed by atoms with van der Waals surface area (Å²) < 4.78 is 26.2. The zero-order valence-corrected chi connectivity index (χ0v) is 7.73. The minimum absolute atomic E-state index is 0.0192. The van der Waals surface area contributed by atoms with Crippen molar-refractivity contribution >= 4 is 10.1 Å². The third-order valence-corrected chi connectivity index (χ3v) is 2.20. The summed E-state index contributed by atoms with van der Waals surface area (Å²) in [5.74, 6) is -0.0192. The molecule has 0 radical (unpaired) electrons. The van der Waals surface area contributed by atoms with E-state index in [0.717, 1.165) is 6.42 Å². The van der Waals surface area contributed by atoms with E-state index in [9.17, 15) is 8.42 Å². The molecule has 0 aromatic heterocycles. The van der Waals surface area contributed by atoms with Gasteiger partial charge in [-0.2, -0.15) is 8.42 Å². The minimum Gasteiger partial charge on any atom is -0.270 e. The molecule has 0 aromatic rings. The van der Waals surface area contributed by atoms with Crippen molar-refractivity contribution in [3.05, 3.63) is 12.2 Å². The first kappa shape index (κ1) is 10.7. The van der Waals surface area contributed by atoms with E-state index in [1.165, 1.54) is 0 Å². The Morgan fingerprint density at radius 3 is 2.36 bits per heavy atom. The number of hydrogen-bond donors (Lipinski definition) is 0. The van der Waals surface area contributed by atoms with E-state index in [0.29, 0.717) is 0 Å². The maximum atomic E-state index is 10.8. The highest BCUT2D eigenvalue weighted by atomic mass is 32.2. The van der Waals surface area contributed by atoms with Gasteiger partial charge < -0.3 is 0 Å². The van der Waals surface area contributed by atoms with Crippen LogP contribution in [0.2, 0.25) is 0 Å². The molecule has 0 aliphatic carbocycles. The Morgan fingerprint density at radius 2 is 1.91 bits per heavy atom. The molecule has 0 heterocycles. The van der Waals surface area contributed by atoms with Gasteiger partial charge in [0.1, 0.15) is 0 Å². The fourth-order valence-electron chi connectivity index (χ4n) is 0.580. The van der Waals surface area contributed by atoms with Crippen LogP contribution in [0.25, 0.3) is 0 Å². The lowest BCUT2D eigenvalue weighted by molar-refractivity contribution is 0.340. The fourth-order valence-corrected chi connectivity index (χ4v) is 1.41. The van der Waals surface area contributed by atoms with Crippen molar-refractivity contribution in [2.24, 2.45) is 0 Å². The van der Waals surface area contributed by atoms with Gasteiger partial charge in [-0.05, 0) is 13.3 Å². The number of allylic oxidation sites excluding steroid dienone is 1. The van der Waals surface area contributed by atoms with Crippen LogP contribution in [0.3, 0.4) is 0 Å². The summed E-state index contributed by atoms with van der Waals surface area (Å²) in [6.07, 6.45) is 4.25. The summed E-state index contributed by atoms with van der Waals surface area (Å²) in [7, 11) is -3.29. The maximum Gasteiger partial charge on any atom is 0.270 e. The summed E-state index contributed by atoms with van der Waals surface area (Å²) in [6.45, 7) is 3.81. The maximum absolute atomic E-state index is 10.8. The zero-order valence-electron chi connectivity index (χ0n) is 6.91. The van der Waals surface area contributed by atoms with Gasteiger partial charge in [0.05, 0.1) is 12.4 Å². The summed E-state index contributed by atoms with van der Waals surface area (Å²) in [5, 5.41) is 0. The van der Waals surface area contributed by atoms with Crippen molar-refractivity contribution in [2.75, 3.05) is 12.4 Å². The van der Waals surface area contributed by atoms with E-state index in [-0.39, 0.29) is 12.4 Å². The van der Waals surface area contributed by atoms with Gasteiger partial charge in [-0.15, -0.1) is 0 Å². The van der Waals surface area contributed by atoms with Crippen molar-refractivity contribution in [1.82, 2.24) is 0 Å². The van der Waals surface area contributed by atoms with Crippen LogP contribution in [-0.2, 0) is 14.3 Å². The number of rotatable bonds is 5. The van der Waals surface area contributed by atoms with Gasteiger partial charge in [0, 0.05) is 0 Å². The van der Waals surface area contributed by atoms with E-state index >= 15 is 0 Å². The highest BCUT2D eigenvalue weighted by Crippen LogP contribution is 1.93. The molecule has 0 saturated heterocycles. The Morgan fingerprint density at radius 1 is 1.27 bits per heavy atom. The average molecular weight is 178 g/mol. The van der Waals surface area contributed by atoms with E-state index in [2.05, 4.69) is 4.18 Å². The molecule has 66 valence electrons. The molecule has 3 nitrogen and oxygen atoms in total. The normalized spacial score (nSPS) is 12.5. The predicted molar refractivity (Wildman–Crippen MR) is 44.8 cm³/mol. The molecular formula is C7H14O3S. The van der Waals surface area contributed by atoms with Crippen LogP contribution in [0.1, 0.15) is 20.3 Å². The summed E-state index contributed by atoms with van der Waals surface area (Å²) in [5.41, 5.74) is 0. The quantitative estimate of drug-likeness (QED) is 0.471. The van der Waals surface area contributed by atoms with Crippen molar-refractivity contribution in [1.29, 1.82) is 0 Å². The second-order valence-electron chi connectivity index (χ2n) is 2.01. The van der Waals surface area contributed by atoms with Gasteiger partial charge >= 0.3 is 0 Å². The molecule has 0 unspecified atom stereocenters. The third kappa shape index (κ3) is 6.06. The van der Waals surface area contributed by atoms with Crippen LogP contribution >= 0.6 is 0 Å². The monoisotopic (exact) mass is 178 g/mol. The SMILES string of the molecule is CCC=CCS(=O)(=O)OCC. The second-order valence-corrected chi connectivity index (χ2v) is 3.69. The molecule has 0 amide bonds. The van der Waals surface area contributed by atoms with Crippen LogP contribution in [0, 0.1) is 0 Å². The first-order valence-corrected chi connectivity index (χ1v) is 5.22. The van der Waals surface area contributed by atoms with Gasteiger partial charge in [-0.25, -0.2) is 0 Å². The predicted octanol–water partition coefficient (Wildman–Crippen LogP) is 1.32. The molecule has 0 rings (SSSR count). The summed E-state index contributed by atoms with van der Waals surface area (Å²) >= 11 is 0.